The molecule has 0 bridgehead atoms. The highest BCUT2D eigenvalue weighted by Crippen LogP contribution is 2.20. The Balaban J connectivity index is 1.84. The van der Waals surface area contributed by atoms with Gasteiger partial charge < -0.3 is 15.0 Å². The lowest BCUT2D eigenvalue weighted by atomic mass is 9.95. The van der Waals surface area contributed by atoms with E-state index in [-0.39, 0.29) is 18.4 Å². The molecule has 1 aliphatic rings. The van der Waals surface area contributed by atoms with Gasteiger partial charge in [0.25, 0.3) is 5.91 Å². The Morgan fingerprint density at radius 2 is 1.73 bits per heavy atom. The minimum atomic E-state index is -0.433. The van der Waals surface area contributed by atoms with Gasteiger partial charge in [0.1, 0.15) is 5.75 Å². The zero-order valence-electron chi connectivity index (χ0n) is 13.5. The second-order valence-corrected chi connectivity index (χ2v) is 6.61. The number of rotatable bonds is 4. The van der Waals surface area contributed by atoms with Crippen molar-refractivity contribution in [1.29, 1.82) is 0 Å². The Bertz CT molecular complexity index is 526. The predicted molar refractivity (Wildman–Crippen MR) is 85.8 cm³/mol. The van der Waals surface area contributed by atoms with Crippen LogP contribution in [0.4, 0.5) is 5.69 Å². The van der Waals surface area contributed by atoms with E-state index in [1.165, 1.54) is 0 Å². The first-order chi connectivity index (χ1) is 10.4. The zero-order chi connectivity index (χ0) is 16.2. The minimum absolute atomic E-state index is 0.0302. The molecule has 0 atom stereocenters. The van der Waals surface area contributed by atoms with Crippen LogP contribution in [-0.4, -0.2) is 36.4 Å². The molecule has 1 fully saturated rings. The summed E-state index contributed by atoms with van der Waals surface area (Å²) in [6.07, 6.45) is 2.15. The van der Waals surface area contributed by atoms with Crippen molar-refractivity contribution in [1.82, 2.24) is 4.90 Å². The SMILES string of the molecule is CC(C)(C)C(=O)Nc1ccc(OCC(=O)N2CCCC2)cc1. The largest absolute Gasteiger partial charge is 0.484 e. The van der Waals surface area contributed by atoms with Crippen LogP contribution < -0.4 is 10.1 Å². The number of ether oxygens (including phenoxy) is 1. The normalized spacial score (nSPS) is 14.8. The fourth-order valence-electron chi connectivity index (χ4n) is 2.16. The molecule has 0 aliphatic carbocycles. The Kier molecular flexibility index (Phi) is 5.06. The third-order valence-electron chi connectivity index (χ3n) is 3.61. The smallest absolute Gasteiger partial charge is 0.260 e. The van der Waals surface area contributed by atoms with Crippen LogP contribution in [0, 0.1) is 5.41 Å². The molecule has 1 aromatic carbocycles. The summed E-state index contributed by atoms with van der Waals surface area (Å²) in [6.45, 7) is 7.32. The molecular formula is C17H24N2O3. The molecule has 0 radical (unpaired) electrons. The van der Waals surface area contributed by atoms with Gasteiger partial charge in [0.2, 0.25) is 5.91 Å². The van der Waals surface area contributed by atoms with Crippen molar-refractivity contribution in [3.05, 3.63) is 24.3 Å². The van der Waals surface area contributed by atoms with Crippen molar-refractivity contribution in [3.63, 3.8) is 0 Å². The number of anilines is 1. The number of carbonyl (C=O) groups excluding carboxylic acids is 2. The molecule has 1 aliphatic heterocycles. The number of nitrogens with zero attached hydrogens (tertiary/aromatic N) is 1. The molecule has 0 unspecified atom stereocenters. The van der Waals surface area contributed by atoms with E-state index in [0.29, 0.717) is 5.75 Å². The van der Waals surface area contributed by atoms with Crippen molar-refractivity contribution in [2.75, 3.05) is 25.0 Å². The van der Waals surface area contributed by atoms with E-state index >= 15 is 0 Å². The topological polar surface area (TPSA) is 58.6 Å². The second kappa shape index (κ2) is 6.81. The fourth-order valence-corrected chi connectivity index (χ4v) is 2.16. The zero-order valence-corrected chi connectivity index (χ0v) is 13.5. The summed E-state index contributed by atoms with van der Waals surface area (Å²) in [6, 6.07) is 7.07. The molecule has 1 heterocycles. The third-order valence-corrected chi connectivity index (χ3v) is 3.61. The van der Waals surface area contributed by atoms with Crippen LogP contribution in [0.3, 0.4) is 0 Å². The van der Waals surface area contributed by atoms with E-state index in [4.69, 9.17) is 4.74 Å². The van der Waals surface area contributed by atoms with Crippen molar-refractivity contribution in [2.24, 2.45) is 5.41 Å². The summed E-state index contributed by atoms with van der Waals surface area (Å²) in [5.74, 6) is 0.620. The van der Waals surface area contributed by atoms with E-state index < -0.39 is 5.41 Å². The van der Waals surface area contributed by atoms with E-state index in [9.17, 15) is 9.59 Å². The maximum absolute atomic E-state index is 11.9. The quantitative estimate of drug-likeness (QED) is 0.930. The predicted octanol–water partition coefficient (Wildman–Crippen LogP) is 2.67. The van der Waals surface area contributed by atoms with Crippen LogP contribution in [0.2, 0.25) is 0 Å². The monoisotopic (exact) mass is 304 g/mol. The van der Waals surface area contributed by atoms with E-state index in [1.54, 1.807) is 24.3 Å². The summed E-state index contributed by atoms with van der Waals surface area (Å²) in [4.78, 5) is 25.6. The Hall–Kier alpha value is -2.04. The molecule has 0 aromatic heterocycles. The highest BCUT2D eigenvalue weighted by molar-refractivity contribution is 5.94. The maximum atomic E-state index is 11.9. The molecule has 5 nitrogen and oxygen atoms in total. The first kappa shape index (κ1) is 16.3. The lowest BCUT2D eigenvalue weighted by Gasteiger charge is -2.18. The molecule has 120 valence electrons. The lowest BCUT2D eigenvalue weighted by Crippen LogP contribution is -2.32. The second-order valence-electron chi connectivity index (χ2n) is 6.61. The summed E-state index contributed by atoms with van der Waals surface area (Å²) in [5, 5.41) is 2.85. The van der Waals surface area contributed by atoms with E-state index in [1.807, 2.05) is 25.7 Å². The standard InChI is InChI=1S/C17H24N2O3/c1-17(2,3)16(21)18-13-6-8-14(9-7-13)22-12-15(20)19-10-4-5-11-19/h6-9H,4-5,10-12H2,1-3H3,(H,18,21). The highest BCUT2D eigenvalue weighted by atomic mass is 16.5. The first-order valence-corrected chi connectivity index (χ1v) is 7.68. The molecular weight excluding hydrogens is 280 g/mol. The van der Waals surface area contributed by atoms with Gasteiger partial charge >= 0.3 is 0 Å². The third kappa shape index (κ3) is 4.48. The number of likely N-dealkylation sites (tertiary alicyclic amines) is 1. The van der Waals surface area contributed by atoms with Crippen molar-refractivity contribution >= 4 is 17.5 Å². The molecule has 2 amide bonds. The van der Waals surface area contributed by atoms with Gasteiger partial charge in [-0.25, -0.2) is 0 Å². The first-order valence-electron chi connectivity index (χ1n) is 7.68. The van der Waals surface area contributed by atoms with Crippen molar-refractivity contribution in [2.45, 2.75) is 33.6 Å². The summed E-state index contributed by atoms with van der Waals surface area (Å²) in [7, 11) is 0. The highest BCUT2D eigenvalue weighted by Gasteiger charge is 2.21. The lowest BCUT2D eigenvalue weighted by molar-refractivity contribution is -0.132. The number of carbonyl (C=O) groups is 2. The van der Waals surface area contributed by atoms with E-state index in [2.05, 4.69) is 5.32 Å². The van der Waals surface area contributed by atoms with Gasteiger partial charge in [-0.05, 0) is 37.1 Å². The van der Waals surface area contributed by atoms with Gasteiger partial charge in [0.15, 0.2) is 6.61 Å². The van der Waals surface area contributed by atoms with Gasteiger partial charge in [-0.1, -0.05) is 20.8 Å². The minimum Gasteiger partial charge on any atom is -0.484 e. The molecule has 1 saturated heterocycles. The summed E-state index contributed by atoms with van der Waals surface area (Å²) < 4.78 is 5.50. The van der Waals surface area contributed by atoms with Gasteiger partial charge in [0.05, 0.1) is 0 Å². The molecule has 1 N–H and O–H groups in total. The average Bonchev–Trinajstić information content (AvgIpc) is 2.99. The molecule has 5 heteroatoms. The molecule has 0 saturated carbocycles. The number of hydrogen-bond donors (Lipinski definition) is 1. The number of amides is 2. The van der Waals surface area contributed by atoms with Crippen LogP contribution in [0.5, 0.6) is 5.75 Å². The molecule has 2 rings (SSSR count). The molecule has 0 spiro atoms. The van der Waals surface area contributed by atoms with Crippen LogP contribution in [0.25, 0.3) is 0 Å². The fraction of sp³-hybridized carbons (Fsp3) is 0.529. The Labute approximate surface area is 131 Å². The van der Waals surface area contributed by atoms with E-state index in [0.717, 1.165) is 31.6 Å². The van der Waals surface area contributed by atoms with Crippen LogP contribution in [0.15, 0.2) is 24.3 Å². The van der Waals surface area contributed by atoms with Crippen LogP contribution >= 0.6 is 0 Å². The number of hydrogen-bond acceptors (Lipinski definition) is 3. The Morgan fingerprint density at radius 3 is 2.27 bits per heavy atom. The molecule has 22 heavy (non-hydrogen) atoms. The summed E-state index contributed by atoms with van der Waals surface area (Å²) in [5.41, 5.74) is 0.287. The maximum Gasteiger partial charge on any atom is 0.260 e. The number of benzene rings is 1. The Morgan fingerprint density at radius 1 is 1.14 bits per heavy atom. The van der Waals surface area contributed by atoms with Crippen LogP contribution in [0.1, 0.15) is 33.6 Å². The molecule has 1 aromatic rings. The van der Waals surface area contributed by atoms with Gasteiger partial charge in [0, 0.05) is 24.2 Å². The van der Waals surface area contributed by atoms with Crippen molar-refractivity contribution in [3.8, 4) is 5.75 Å². The van der Waals surface area contributed by atoms with Crippen molar-refractivity contribution < 1.29 is 14.3 Å². The van der Waals surface area contributed by atoms with Gasteiger partial charge in [-0.2, -0.15) is 0 Å². The van der Waals surface area contributed by atoms with Gasteiger partial charge in [-0.3, -0.25) is 9.59 Å². The summed E-state index contributed by atoms with van der Waals surface area (Å²) >= 11 is 0. The van der Waals surface area contributed by atoms with Crippen LogP contribution in [-0.2, 0) is 9.59 Å². The average molecular weight is 304 g/mol. The number of nitrogens with one attached hydrogen (secondary N) is 1. The van der Waals surface area contributed by atoms with Gasteiger partial charge in [-0.15, -0.1) is 0 Å².